The van der Waals surface area contributed by atoms with Gasteiger partial charge in [-0.25, -0.2) is 4.68 Å². The van der Waals surface area contributed by atoms with Gasteiger partial charge < -0.3 is 9.88 Å². The molecule has 5 nitrogen and oxygen atoms in total. The van der Waals surface area contributed by atoms with Crippen LogP contribution in [0, 0.1) is 0 Å². The highest BCUT2D eigenvalue weighted by molar-refractivity contribution is 6.32. The lowest BCUT2D eigenvalue weighted by Gasteiger charge is -2.16. The van der Waals surface area contributed by atoms with E-state index in [1.165, 1.54) is 10.4 Å². The Balaban J connectivity index is 1.98. The zero-order valence-electron chi connectivity index (χ0n) is 11.9. The van der Waals surface area contributed by atoms with E-state index in [1.54, 1.807) is 13.2 Å². The summed E-state index contributed by atoms with van der Waals surface area (Å²) < 4.78 is 3.33. The SMILES string of the molecule is C[C@H](CCc1cccn1C)Nc1cnn(C)c(=O)c1Cl. The van der Waals surface area contributed by atoms with Crippen molar-refractivity contribution in [3.05, 3.63) is 45.6 Å². The molecule has 2 aromatic rings. The van der Waals surface area contributed by atoms with Crippen LogP contribution in [0.5, 0.6) is 0 Å². The van der Waals surface area contributed by atoms with Crippen molar-refractivity contribution in [2.45, 2.75) is 25.8 Å². The van der Waals surface area contributed by atoms with E-state index in [4.69, 9.17) is 11.6 Å². The van der Waals surface area contributed by atoms with Crippen LogP contribution < -0.4 is 10.9 Å². The first kappa shape index (κ1) is 14.7. The maximum Gasteiger partial charge on any atom is 0.287 e. The topological polar surface area (TPSA) is 51.9 Å². The van der Waals surface area contributed by atoms with Crippen LogP contribution in [0.15, 0.2) is 29.3 Å². The van der Waals surface area contributed by atoms with E-state index >= 15 is 0 Å². The Kier molecular flexibility index (Phi) is 4.49. The van der Waals surface area contributed by atoms with Crippen molar-refractivity contribution in [1.29, 1.82) is 0 Å². The van der Waals surface area contributed by atoms with E-state index < -0.39 is 0 Å². The third kappa shape index (κ3) is 3.22. The second-order valence-electron chi connectivity index (χ2n) is 5.00. The van der Waals surface area contributed by atoms with Gasteiger partial charge in [-0.05, 0) is 31.9 Å². The van der Waals surface area contributed by atoms with Crippen molar-refractivity contribution in [1.82, 2.24) is 14.3 Å². The molecule has 0 unspecified atom stereocenters. The van der Waals surface area contributed by atoms with Crippen molar-refractivity contribution < 1.29 is 0 Å². The van der Waals surface area contributed by atoms with Crippen molar-refractivity contribution in [3.63, 3.8) is 0 Å². The van der Waals surface area contributed by atoms with Crippen LogP contribution in [0.25, 0.3) is 0 Å². The fourth-order valence-electron chi connectivity index (χ4n) is 2.07. The Morgan fingerprint density at radius 2 is 2.20 bits per heavy atom. The summed E-state index contributed by atoms with van der Waals surface area (Å²) in [4.78, 5) is 11.7. The van der Waals surface area contributed by atoms with Crippen molar-refractivity contribution in [2.75, 3.05) is 5.32 Å². The quantitative estimate of drug-likeness (QED) is 0.920. The maximum absolute atomic E-state index is 11.7. The first-order valence-corrected chi connectivity index (χ1v) is 6.95. The smallest absolute Gasteiger partial charge is 0.287 e. The van der Waals surface area contributed by atoms with Gasteiger partial charge in [0.25, 0.3) is 5.56 Å². The summed E-state index contributed by atoms with van der Waals surface area (Å²) >= 11 is 6.03. The molecule has 2 aromatic heterocycles. The van der Waals surface area contributed by atoms with E-state index in [-0.39, 0.29) is 16.6 Å². The van der Waals surface area contributed by atoms with Gasteiger partial charge in [0.2, 0.25) is 0 Å². The zero-order chi connectivity index (χ0) is 14.7. The number of nitrogens with one attached hydrogen (secondary N) is 1. The van der Waals surface area contributed by atoms with Crippen LogP contribution >= 0.6 is 11.6 Å². The third-order valence-corrected chi connectivity index (χ3v) is 3.73. The molecule has 0 saturated carbocycles. The largest absolute Gasteiger partial charge is 0.380 e. The van der Waals surface area contributed by atoms with Gasteiger partial charge in [-0.2, -0.15) is 5.10 Å². The van der Waals surface area contributed by atoms with Crippen LogP contribution in [0.1, 0.15) is 19.0 Å². The van der Waals surface area contributed by atoms with E-state index in [0.717, 1.165) is 12.8 Å². The van der Waals surface area contributed by atoms with E-state index in [2.05, 4.69) is 28.0 Å². The van der Waals surface area contributed by atoms with Crippen LogP contribution in [-0.2, 0) is 20.5 Å². The first-order valence-electron chi connectivity index (χ1n) is 6.57. The van der Waals surface area contributed by atoms with Gasteiger partial charge in [0, 0.05) is 32.0 Å². The molecule has 0 aliphatic heterocycles. The molecule has 1 atom stereocenters. The van der Waals surface area contributed by atoms with Crippen molar-refractivity contribution in [2.24, 2.45) is 14.1 Å². The summed E-state index contributed by atoms with van der Waals surface area (Å²) in [6, 6.07) is 4.35. The Morgan fingerprint density at radius 1 is 1.45 bits per heavy atom. The lowest BCUT2D eigenvalue weighted by atomic mass is 10.1. The minimum atomic E-state index is -0.286. The molecular formula is C14H19ClN4O. The molecule has 0 aromatic carbocycles. The number of hydrogen-bond acceptors (Lipinski definition) is 3. The van der Waals surface area contributed by atoms with Gasteiger partial charge in [-0.1, -0.05) is 11.6 Å². The molecule has 0 radical (unpaired) electrons. The summed E-state index contributed by atoms with van der Waals surface area (Å²) in [6.45, 7) is 2.07. The molecule has 20 heavy (non-hydrogen) atoms. The highest BCUT2D eigenvalue weighted by Gasteiger charge is 2.10. The molecule has 0 amide bonds. The van der Waals surface area contributed by atoms with Crippen molar-refractivity contribution in [3.8, 4) is 0 Å². The normalized spacial score (nSPS) is 12.4. The molecule has 0 fully saturated rings. The van der Waals surface area contributed by atoms with E-state index in [0.29, 0.717) is 5.69 Å². The molecule has 0 aliphatic carbocycles. The summed E-state index contributed by atoms with van der Waals surface area (Å²) in [6.07, 6.45) is 5.54. The Hall–Kier alpha value is -1.75. The number of rotatable bonds is 5. The fraction of sp³-hybridized carbons (Fsp3) is 0.429. The van der Waals surface area contributed by atoms with Crippen LogP contribution in [0.4, 0.5) is 5.69 Å². The standard InChI is InChI=1S/C14H19ClN4O/c1-10(6-7-11-5-4-8-18(11)2)17-12-9-16-19(3)14(20)13(12)15/h4-5,8-10,17H,6-7H2,1-3H3/t10-/m1/s1. The van der Waals surface area contributed by atoms with Crippen LogP contribution in [-0.4, -0.2) is 20.4 Å². The predicted octanol–water partition coefficient (Wildman–Crippen LogP) is 2.21. The van der Waals surface area contributed by atoms with Crippen molar-refractivity contribution >= 4 is 17.3 Å². The first-order chi connectivity index (χ1) is 9.49. The van der Waals surface area contributed by atoms with Crippen LogP contribution in [0.3, 0.4) is 0 Å². The molecule has 6 heteroatoms. The molecule has 0 aliphatic rings. The highest BCUT2D eigenvalue weighted by Crippen LogP contribution is 2.17. The molecule has 2 rings (SSSR count). The lowest BCUT2D eigenvalue weighted by Crippen LogP contribution is -2.24. The van der Waals surface area contributed by atoms with Crippen LogP contribution in [0.2, 0.25) is 5.02 Å². The molecule has 2 heterocycles. The van der Waals surface area contributed by atoms with E-state index in [1.807, 2.05) is 19.3 Å². The van der Waals surface area contributed by atoms with Gasteiger partial charge in [-0.15, -0.1) is 0 Å². The molecule has 0 spiro atoms. The van der Waals surface area contributed by atoms with E-state index in [9.17, 15) is 4.79 Å². The number of hydrogen-bond donors (Lipinski definition) is 1. The summed E-state index contributed by atoms with van der Waals surface area (Å²) in [5.74, 6) is 0. The molecule has 108 valence electrons. The molecular weight excluding hydrogens is 276 g/mol. The molecule has 0 bridgehead atoms. The lowest BCUT2D eigenvalue weighted by molar-refractivity contribution is 0.669. The summed E-state index contributed by atoms with van der Waals surface area (Å²) in [7, 11) is 3.62. The highest BCUT2D eigenvalue weighted by atomic mass is 35.5. The third-order valence-electron chi connectivity index (χ3n) is 3.36. The number of anilines is 1. The predicted molar refractivity (Wildman–Crippen MR) is 81.3 cm³/mol. The second kappa shape index (κ2) is 6.13. The monoisotopic (exact) mass is 294 g/mol. The maximum atomic E-state index is 11.7. The minimum absolute atomic E-state index is 0.188. The summed E-state index contributed by atoms with van der Waals surface area (Å²) in [5.41, 5.74) is 1.59. The summed E-state index contributed by atoms with van der Waals surface area (Å²) in [5, 5.41) is 7.40. The van der Waals surface area contributed by atoms with Gasteiger partial charge in [0.05, 0.1) is 11.9 Å². The average molecular weight is 295 g/mol. The van der Waals surface area contributed by atoms with Gasteiger partial charge in [0.1, 0.15) is 5.02 Å². The Bertz CT molecular complexity index is 647. The zero-order valence-corrected chi connectivity index (χ0v) is 12.7. The number of aryl methyl sites for hydroxylation is 3. The Morgan fingerprint density at radius 3 is 2.85 bits per heavy atom. The fourth-order valence-corrected chi connectivity index (χ4v) is 2.30. The molecule has 1 N–H and O–H groups in total. The second-order valence-corrected chi connectivity index (χ2v) is 5.37. The number of aromatic nitrogens is 3. The minimum Gasteiger partial charge on any atom is -0.380 e. The molecule has 0 saturated heterocycles. The number of nitrogens with zero attached hydrogens (tertiary/aromatic N) is 3. The van der Waals surface area contributed by atoms with Gasteiger partial charge >= 0.3 is 0 Å². The average Bonchev–Trinajstić information content (AvgIpc) is 2.83. The van der Waals surface area contributed by atoms with Gasteiger partial charge in [0.15, 0.2) is 0 Å². The Labute approximate surface area is 123 Å². The van der Waals surface area contributed by atoms with Gasteiger partial charge in [-0.3, -0.25) is 4.79 Å². The number of halogens is 1.